The van der Waals surface area contributed by atoms with Crippen molar-refractivity contribution in [3.63, 3.8) is 0 Å². The van der Waals surface area contributed by atoms with Gasteiger partial charge in [0.1, 0.15) is 0 Å². The van der Waals surface area contributed by atoms with Crippen LogP contribution in [0.1, 0.15) is 46.0 Å². The van der Waals surface area contributed by atoms with Crippen LogP contribution in [0.2, 0.25) is 0 Å². The number of hydrogen-bond donors (Lipinski definition) is 1. The van der Waals surface area contributed by atoms with E-state index in [9.17, 15) is 0 Å². The molecule has 0 aromatic heterocycles. The second kappa shape index (κ2) is 7.58. The van der Waals surface area contributed by atoms with Crippen LogP contribution in [-0.2, 0) is 0 Å². The third-order valence-corrected chi connectivity index (χ3v) is 4.06. The molecule has 1 N–H and O–H groups in total. The first-order valence-corrected chi connectivity index (χ1v) is 7.29. The van der Waals surface area contributed by atoms with E-state index in [1.807, 2.05) is 0 Å². The molecule has 0 heterocycles. The molecule has 1 nitrogen and oxygen atoms in total. The van der Waals surface area contributed by atoms with E-state index in [0.29, 0.717) is 0 Å². The van der Waals surface area contributed by atoms with Gasteiger partial charge in [-0.15, -0.1) is 0 Å². The molecule has 0 aromatic rings. The minimum absolute atomic E-state index is 0.717. The quantitative estimate of drug-likeness (QED) is 0.654. The van der Waals surface area contributed by atoms with E-state index in [2.05, 4.69) is 30.9 Å². The number of thioether (sulfide) groups is 1. The molecule has 0 radical (unpaired) electrons. The summed E-state index contributed by atoms with van der Waals surface area (Å²) in [6.45, 7) is 5.82. The Kier molecular flexibility index (Phi) is 6.70. The van der Waals surface area contributed by atoms with E-state index < -0.39 is 0 Å². The number of rotatable bonds is 7. The van der Waals surface area contributed by atoms with Crippen molar-refractivity contribution in [3.8, 4) is 0 Å². The third kappa shape index (κ3) is 5.26. The minimum Gasteiger partial charge on any atom is -0.314 e. The Morgan fingerprint density at radius 2 is 2.07 bits per heavy atom. The first-order chi connectivity index (χ1) is 6.83. The molecule has 1 unspecified atom stereocenters. The van der Waals surface area contributed by atoms with E-state index >= 15 is 0 Å². The van der Waals surface area contributed by atoms with Crippen LogP contribution < -0.4 is 5.32 Å². The van der Waals surface area contributed by atoms with Crippen molar-refractivity contribution in [2.45, 2.75) is 52.0 Å². The molecule has 1 fully saturated rings. The van der Waals surface area contributed by atoms with Crippen molar-refractivity contribution in [1.29, 1.82) is 0 Å². The predicted molar refractivity (Wildman–Crippen MR) is 67.0 cm³/mol. The van der Waals surface area contributed by atoms with Crippen LogP contribution in [0.15, 0.2) is 0 Å². The van der Waals surface area contributed by atoms with E-state index in [1.165, 1.54) is 50.2 Å². The molecular weight excluding hydrogens is 190 g/mol. The summed E-state index contributed by atoms with van der Waals surface area (Å²) in [5, 5.41) is 3.67. The lowest BCUT2D eigenvalue weighted by atomic mass is 10.1. The SMILES string of the molecule is CCSCCC(C)NCC1CCCC1. The summed E-state index contributed by atoms with van der Waals surface area (Å²) in [6.07, 6.45) is 7.18. The Hall–Kier alpha value is 0.310. The lowest BCUT2D eigenvalue weighted by molar-refractivity contribution is 0.440. The average Bonchev–Trinajstić information content (AvgIpc) is 2.68. The first kappa shape index (κ1) is 12.4. The molecule has 0 bridgehead atoms. The predicted octanol–water partition coefficient (Wildman–Crippen LogP) is 3.30. The van der Waals surface area contributed by atoms with Crippen LogP contribution in [0, 0.1) is 5.92 Å². The van der Waals surface area contributed by atoms with Crippen LogP contribution in [0.3, 0.4) is 0 Å². The van der Waals surface area contributed by atoms with Gasteiger partial charge in [0.15, 0.2) is 0 Å². The third-order valence-electron chi connectivity index (χ3n) is 3.13. The molecule has 1 aliphatic carbocycles. The van der Waals surface area contributed by atoms with Gasteiger partial charge in [0.2, 0.25) is 0 Å². The van der Waals surface area contributed by atoms with Crippen molar-refractivity contribution in [2.24, 2.45) is 5.92 Å². The zero-order valence-electron chi connectivity index (χ0n) is 9.72. The highest BCUT2D eigenvalue weighted by Crippen LogP contribution is 2.23. The normalized spacial score (nSPS) is 20.1. The van der Waals surface area contributed by atoms with Gasteiger partial charge in [-0.3, -0.25) is 0 Å². The van der Waals surface area contributed by atoms with Crippen LogP contribution >= 0.6 is 11.8 Å². The van der Waals surface area contributed by atoms with Crippen molar-refractivity contribution in [2.75, 3.05) is 18.1 Å². The maximum atomic E-state index is 3.67. The fourth-order valence-corrected chi connectivity index (χ4v) is 2.90. The van der Waals surface area contributed by atoms with Gasteiger partial charge in [0, 0.05) is 6.04 Å². The Morgan fingerprint density at radius 3 is 2.71 bits per heavy atom. The number of nitrogens with one attached hydrogen (secondary N) is 1. The molecular formula is C12H25NS. The molecule has 2 heteroatoms. The van der Waals surface area contributed by atoms with Crippen molar-refractivity contribution >= 4 is 11.8 Å². The summed E-state index contributed by atoms with van der Waals surface area (Å²) in [4.78, 5) is 0. The standard InChI is InChI=1S/C12H25NS/c1-3-14-9-8-11(2)13-10-12-6-4-5-7-12/h11-13H,3-10H2,1-2H3. The zero-order chi connectivity index (χ0) is 10.2. The summed E-state index contributed by atoms with van der Waals surface area (Å²) in [7, 11) is 0. The fraction of sp³-hybridized carbons (Fsp3) is 1.00. The molecule has 14 heavy (non-hydrogen) atoms. The van der Waals surface area contributed by atoms with Gasteiger partial charge in [-0.05, 0) is 50.2 Å². The Morgan fingerprint density at radius 1 is 1.36 bits per heavy atom. The fourth-order valence-electron chi connectivity index (χ4n) is 2.09. The lowest BCUT2D eigenvalue weighted by Crippen LogP contribution is -2.30. The van der Waals surface area contributed by atoms with Gasteiger partial charge in [-0.1, -0.05) is 19.8 Å². The van der Waals surface area contributed by atoms with Crippen LogP contribution in [0.5, 0.6) is 0 Å². The second-order valence-electron chi connectivity index (χ2n) is 4.45. The smallest absolute Gasteiger partial charge is 0.00466 e. The van der Waals surface area contributed by atoms with Gasteiger partial charge in [0.25, 0.3) is 0 Å². The monoisotopic (exact) mass is 215 g/mol. The van der Waals surface area contributed by atoms with E-state index in [1.54, 1.807) is 0 Å². The summed E-state index contributed by atoms with van der Waals surface area (Å²) in [5.74, 6) is 3.56. The van der Waals surface area contributed by atoms with E-state index in [-0.39, 0.29) is 0 Å². The highest BCUT2D eigenvalue weighted by atomic mass is 32.2. The van der Waals surface area contributed by atoms with Crippen LogP contribution in [0.4, 0.5) is 0 Å². The van der Waals surface area contributed by atoms with Crippen molar-refractivity contribution in [1.82, 2.24) is 5.32 Å². The molecule has 1 saturated carbocycles. The van der Waals surface area contributed by atoms with Crippen molar-refractivity contribution in [3.05, 3.63) is 0 Å². The van der Waals surface area contributed by atoms with Crippen LogP contribution in [0.25, 0.3) is 0 Å². The molecule has 1 rings (SSSR count). The molecule has 0 saturated heterocycles. The van der Waals surface area contributed by atoms with E-state index in [4.69, 9.17) is 0 Å². The summed E-state index contributed by atoms with van der Waals surface area (Å²) >= 11 is 2.05. The maximum absolute atomic E-state index is 3.67. The van der Waals surface area contributed by atoms with Gasteiger partial charge in [-0.2, -0.15) is 11.8 Å². The topological polar surface area (TPSA) is 12.0 Å². The Bertz CT molecular complexity index is 132. The minimum atomic E-state index is 0.717. The van der Waals surface area contributed by atoms with Gasteiger partial charge < -0.3 is 5.32 Å². The molecule has 1 aliphatic rings. The maximum Gasteiger partial charge on any atom is 0.00466 e. The van der Waals surface area contributed by atoms with E-state index in [0.717, 1.165) is 12.0 Å². The largest absolute Gasteiger partial charge is 0.314 e. The molecule has 0 aliphatic heterocycles. The second-order valence-corrected chi connectivity index (χ2v) is 5.84. The highest BCUT2D eigenvalue weighted by molar-refractivity contribution is 7.99. The molecule has 84 valence electrons. The Balaban J connectivity index is 1.93. The highest BCUT2D eigenvalue weighted by Gasteiger charge is 2.15. The summed E-state index contributed by atoms with van der Waals surface area (Å²) < 4.78 is 0. The molecule has 0 amide bonds. The zero-order valence-corrected chi connectivity index (χ0v) is 10.5. The molecule has 1 atom stereocenters. The van der Waals surface area contributed by atoms with Gasteiger partial charge in [-0.25, -0.2) is 0 Å². The van der Waals surface area contributed by atoms with Crippen LogP contribution in [-0.4, -0.2) is 24.1 Å². The molecule has 0 aromatic carbocycles. The first-order valence-electron chi connectivity index (χ1n) is 6.14. The Labute approximate surface area is 93.4 Å². The average molecular weight is 215 g/mol. The van der Waals surface area contributed by atoms with Gasteiger partial charge >= 0.3 is 0 Å². The molecule has 0 spiro atoms. The number of hydrogen-bond acceptors (Lipinski definition) is 2. The summed E-state index contributed by atoms with van der Waals surface area (Å²) in [5.41, 5.74) is 0. The lowest BCUT2D eigenvalue weighted by Gasteiger charge is -2.16. The van der Waals surface area contributed by atoms with Crippen molar-refractivity contribution < 1.29 is 0 Å². The summed E-state index contributed by atoms with van der Waals surface area (Å²) in [6, 6.07) is 0.717. The van der Waals surface area contributed by atoms with Gasteiger partial charge in [0.05, 0.1) is 0 Å².